The number of nitrogens with zero attached hydrogens (tertiary/aromatic N) is 2. The summed E-state index contributed by atoms with van der Waals surface area (Å²) < 4.78 is 65.1. The molecule has 0 aliphatic heterocycles. The second-order valence-electron chi connectivity index (χ2n) is 7.12. The molecule has 1 N–H and O–H groups in total. The van der Waals surface area contributed by atoms with E-state index < -0.39 is 31.9 Å². The van der Waals surface area contributed by atoms with E-state index in [0.717, 1.165) is 35.9 Å². The molecule has 0 fully saturated rings. The highest BCUT2D eigenvalue weighted by molar-refractivity contribution is 7.91. The fourth-order valence-electron chi connectivity index (χ4n) is 3.17. The summed E-state index contributed by atoms with van der Waals surface area (Å²) in [6.45, 7) is 1.10. The lowest BCUT2D eigenvalue weighted by Gasteiger charge is -2.28. The lowest BCUT2D eigenvalue weighted by molar-refractivity contribution is -0.137. The molecule has 1 aromatic heterocycles. The van der Waals surface area contributed by atoms with E-state index in [9.17, 15) is 36.8 Å². The Balaban J connectivity index is 2.19. The molecule has 7 nitrogen and oxygen atoms in total. The molecule has 2 aromatic carbocycles. The minimum Gasteiger partial charge on any atom is -0.593 e. The Morgan fingerprint density at radius 3 is 2.39 bits per heavy atom. The lowest BCUT2D eigenvalue weighted by Crippen LogP contribution is -2.33. The van der Waals surface area contributed by atoms with Crippen molar-refractivity contribution >= 4 is 26.3 Å². The number of hydroxylamine groups is 2. The molecule has 0 saturated heterocycles. The second kappa shape index (κ2) is 7.75. The van der Waals surface area contributed by atoms with Crippen molar-refractivity contribution in [1.82, 2.24) is 9.38 Å². The van der Waals surface area contributed by atoms with Crippen molar-refractivity contribution in [2.45, 2.75) is 24.5 Å². The topological polar surface area (TPSA) is 99.4 Å². The number of benzene rings is 2. The predicted molar refractivity (Wildman–Crippen MR) is 109 cm³/mol. The standard InChI is InChI=1S/C20H19F3N2O5S/c1-3-31(29,30)18-7-6-16(25(2,27)28)10-14(18)12-24-9-8-13-4-5-15(20(21,22)23)11-17(13)19(24)26/h4-11,27H,3,12H2,1-2H3. The van der Waals surface area contributed by atoms with Crippen molar-refractivity contribution in [3.05, 3.63) is 75.3 Å². The van der Waals surface area contributed by atoms with Gasteiger partial charge in [0.05, 0.1) is 22.8 Å². The number of pyridine rings is 1. The fourth-order valence-corrected chi connectivity index (χ4v) is 4.28. The molecule has 3 rings (SSSR count). The first-order valence-electron chi connectivity index (χ1n) is 9.11. The molecule has 0 amide bonds. The van der Waals surface area contributed by atoms with E-state index in [-0.39, 0.29) is 33.8 Å². The minimum absolute atomic E-state index is 0.0574. The highest BCUT2D eigenvalue weighted by Gasteiger charge is 2.30. The molecule has 0 spiro atoms. The highest BCUT2D eigenvalue weighted by Crippen LogP contribution is 2.31. The van der Waals surface area contributed by atoms with Crippen LogP contribution in [0.4, 0.5) is 18.9 Å². The Hall–Kier alpha value is -2.73. The van der Waals surface area contributed by atoms with Gasteiger partial charge in [-0.1, -0.05) is 13.0 Å². The van der Waals surface area contributed by atoms with Gasteiger partial charge in [0, 0.05) is 23.7 Å². The van der Waals surface area contributed by atoms with E-state index in [2.05, 4.69) is 0 Å². The Morgan fingerprint density at radius 2 is 1.81 bits per heavy atom. The molecular formula is C20H19F3N2O5S. The maximum absolute atomic E-state index is 13.0. The molecule has 1 unspecified atom stereocenters. The number of hydrogen-bond donors (Lipinski definition) is 1. The molecule has 1 heterocycles. The van der Waals surface area contributed by atoms with Gasteiger partial charge in [0.15, 0.2) is 15.5 Å². The number of hydrogen-bond acceptors (Lipinski definition) is 5. The van der Waals surface area contributed by atoms with Crippen molar-refractivity contribution in [1.29, 1.82) is 0 Å². The first-order chi connectivity index (χ1) is 14.2. The molecular weight excluding hydrogens is 437 g/mol. The molecule has 0 bridgehead atoms. The van der Waals surface area contributed by atoms with Crippen LogP contribution in [0.3, 0.4) is 0 Å². The molecule has 0 aliphatic carbocycles. The van der Waals surface area contributed by atoms with Gasteiger partial charge in [-0.25, -0.2) is 13.6 Å². The van der Waals surface area contributed by atoms with E-state index in [1.54, 1.807) is 0 Å². The van der Waals surface area contributed by atoms with Crippen molar-refractivity contribution in [3.63, 3.8) is 0 Å². The van der Waals surface area contributed by atoms with Gasteiger partial charge in [0.2, 0.25) is 0 Å². The number of quaternary nitrogens is 1. The van der Waals surface area contributed by atoms with Crippen molar-refractivity contribution in [2.75, 3.05) is 12.8 Å². The van der Waals surface area contributed by atoms with Crippen molar-refractivity contribution < 1.29 is 26.8 Å². The van der Waals surface area contributed by atoms with E-state index in [4.69, 9.17) is 0 Å². The average Bonchev–Trinajstić information content (AvgIpc) is 2.68. The Bertz CT molecular complexity index is 1310. The predicted octanol–water partition coefficient (Wildman–Crippen LogP) is 3.69. The van der Waals surface area contributed by atoms with Crippen LogP contribution in [0.2, 0.25) is 0 Å². The van der Waals surface area contributed by atoms with Gasteiger partial charge < -0.3 is 9.77 Å². The van der Waals surface area contributed by atoms with Gasteiger partial charge in [-0.3, -0.25) is 4.79 Å². The van der Waals surface area contributed by atoms with Crippen molar-refractivity contribution in [3.8, 4) is 0 Å². The van der Waals surface area contributed by atoms with Gasteiger partial charge in [0.1, 0.15) is 7.05 Å². The van der Waals surface area contributed by atoms with Crippen LogP contribution in [-0.2, 0) is 22.6 Å². The summed E-state index contributed by atoms with van der Waals surface area (Å²) in [5.41, 5.74) is -1.84. The van der Waals surface area contributed by atoms with Crippen LogP contribution in [0.15, 0.2) is 58.4 Å². The van der Waals surface area contributed by atoms with Gasteiger partial charge in [-0.05, 0) is 35.2 Å². The maximum Gasteiger partial charge on any atom is 0.416 e. The van der Waals surface area contributed by atoms with E-state index in [1.807, 2.05) is 0 Å². The first kappa shape index (κ1) is 22.9. The van der Waals surface area contributed by atoms with Crippen molar-refractivity contribution in [2.24, 2.45) is 0 Å². The smallest absolute Gasteiger partial charge is 0.416 e. The van der Waals surface area contributed by atoms with Crippen LogP contribution >= 0.6 is 0 Å². The number of sulfone groups is 1. The van der Waals surface area contributed by atoms with Gasteiger partial charge in [0.25, 0.3) is 5.56 Å². The summed E-state index contributed by atoms with van der Waals surface area (Å²) in [5, 5.41) is 21.7. The molecule has 31 heavy (non-hydrogen) atoms. The summed E-state index contributed by atoms with van der Waals surface area (Å²) in [7, 11) is -2.82. The summed E-state index contributed by atoms with van der Waals surface area (Å²) in [4.78, 5) is 10.9. The summed E-state index contributed by atoms with van der Waals surface area (Å²) >= 11 is 0. The quantitative estimate of drug-likeness (QED) is 0.466. The number of fused-ring (bicyclic) bond motifs is 1. The molecule has 166 valence electrons. The minimum atomic E-state index is -4.63. The third kappa shape index (κ3) is 4.64. The monoisotopic (exact) mass is 456 g/mol. The van der Waals surface area contributed by atoms with Gasteiger partial charge in [-0.2, -0.15) is 18.0 Å². The zero-order valence-electron chi connectivity index (χ0n) is 16.5. The van der Waals surface area contributed by atoms with E-state index in [1.165, 1.54) is 31.3 Å². The Labute approximate surface area is 175 Å². The third-order valence-electron chi connectivity index (χ3n) is 4.88. The van der Waals surface area contributed by atoms with Crippen LogP contribution in [0.1, 0.15) is 18.1 Å². The summed E-state index contributed by atoms with van der Waals surface area (Å²) in [6.07, 6.45) is -3.30. The normalized spacial score (nSPS) is 14.5. The van der Waals surface area contributed by atoms with E-state index in [0.29, 0.717) is 5.39 Å². The lowest BCUT2D eigenvalue weighted by atomic mass is 10.1. The van der Waals surface area contributed by atoms with Crippen LogP contribution in [0.5, 0.6) is 0 Å². The zero-order chi connectivity index (χ0) is 23.2. The molecule has 0 aliphatic rings. The second-order valence-corrected chi connectivity index (χ2v) is 9.37. The SMILES string of the molecule is CCS(=O)(=O)c1ccc([N+](C)([O-])O)cc1Cn1ccc2ccc(C(F)(F)F)cc2c1=O. The van der Waals surface area contributed by atoms with Crippen LogP contribution in [-0.4, -0.2) is 31.0 Å². The van der Waals surface area contributed by atoms with Gasteiger partial charge >= 0.3 is 6.18 Å². The third-order valence-corrected chi connectivity index (χ3v) is 6.71. The average molecular weight is 456 g/mol. The Kier molecular flexibility index (Phi) is 5.74. The van der Waals surface area contributed by atoms with Crippen LogP contribution in [0, 0.1) is 5.21 Å². The number of aromatic nitrogens is 1. The molecule has 0 saturated carbocycles. The molecule has 1 atom stereocenters. The zero-order valence-corrected chi connectivity index (χ0v) is 17.4. The molecule has 11 heteroatoms. The maximum atomic E-state index is 13.0. The Morgan fingerprint density at radius 1 is 1.13 bits per heavy atom. The summed E-state index contributed by atoms with van der Waals surface area (Å²) in [5.74, 6) is -0.246. The number of halogens is 3. The van der Waals surface area contributed by atoms with Crippen LogP contribution < -0.4 is 10.4 Å². The number of alkyl halides is 3. The first-order valence-corrected chi connectivity index (χ1v) is 10.8. The highest BCUT2D eigenvalue weighted by atomic mass is 32.2. The molecule has 0 radical (unpaired) electrons. The summed E-state index contributed by atoms with van der Waals surface area (Å²) in [6, 6.07) is 7.74. The van der Waals surface area contributed by atoms with Gasteiger partial charge in [-0.15, -0.1) is 0 Å². The van der Waals surface area contributed by atoms with E-state index >= 15 is 0 Å². The largest absolute Gasteiger partial charge is 0.593 e. The number of rotatable bonds is 5. The molecule has 3 aromatic rings. The van der Waals surface area contributed by atoms with Crippen LogP contribution in [0.25, 0.3) is 10.8 Å². The fraction of sp³-hybridized carbons (Fsp3) is 0.250.